The zero-order valence-corrected chi connectivity index (χ0v) is 18.4. The summed E-state index contributed by atoms with van der Waals surface area (Å²) in [7, 11) is 0. The highest BCUT2D eigenvalue weighted by atomic mass is 32.1. The first kappa shape index (κ1) is 21.5. The Morgan fingerprint density at radius 3 is 2.41 bits per heavy atom. The van der Waals surface area contributed by atoms with E-state index >= 15 is 0 Å². The number of hydrogen-bond donors (Lipinski definition) is 0. The Labute approximate surface area is 190 Å². The van der Waals surface area contributed by atoms with Crippen molar-refractivity contribution in [2.75, 3.05) is 11.5 Å². The van der Waals surface area contributed by atoms with Gasteiger partial charge in [0.2, 0.25) is 5.89 Å². The number of amides is 1. The number of thiophene rings is 1. The smallest absolute Gasteiger partial charge is 0.312 e. The van der Waals surface area contributed by atoms with Crippen LogP contribution in [0.4, 0.5) is 5.69 Å². The van der Waals surface area contributed by atoms with E-state index in [1.54, 1.807) is 11.8 Å². The lowest BCUT2D eigenvalue weighted by Gasteiger charge is -2.23. The van der Waals surface area contributed by atoms with E-state index in [-0.39, 0.29) is 18.9 Å². The zero-order chi connectivity index (χ0) is 22.3. The Kier molecular flexibility index (Phi) is 6.77. The Balaban J connectivity index is 1.40. The maximum absolute atomic E-state index is 12.9. The standard InChI is InChI=1S/C25H22N2O4S/c1-18-21(26-25(31-18)22-13-8-14-32-22)15-24(29)30-17-23(28)27(20-11-6-3-7-12-20)16-19-9-4-2-5-10-19/h2-14H,15-17H2,1H3. The van der Waals surface area contributed by atoms with E-state index in [1.165, 1.54) is 11.3 Å². The molecular weight excluding hydrogens is 424 g/mol. The lowest BCUT2D eigenvalue weighted by Crippen LogP contribution is -2.34. The first-order chi connectivity index (χ1) is 15.6. The second-order valence-electron chi connectivity index (χ2n) is 7.14. The normalized spacial score (nSPS) is 10.7. The van der Waals surface area contributed by atoms with E-state index in [1.807, 2.05) is 78.2 Å². The number of aromatic nitrogens is 1. The molecule has 0 fully saturated rings. The van der Waals surface area contributed by atoms with Crippen molar-refractivity contribution in [3.05, 3.63) is 95.2 Å². The van der Waals surface area contributed by atoms with Crippen LogP contribution in [0.15, 0.2) is 82.6 Å². The number of aryl methyl sites for hydroxylation is 1. The first-order valence-corrected chi connectivity index (χ1v) is 11.0. The van der Waals surface area contributed by atoms with Gasteiger partial charge in [-0.05, 0) is 36.1 Å². The molecule has 4 aromatic rings. The van der Waals surface area contributed by atoms with Crippen molar-refractivity contribution in [1.29, 1.82) is 0 Å². The fraction of sp³-hybridized carbons (Fsp3) is 0.160. The topological polar surface area (TPSA) is 72.6 Å². The highest BCUT2D eigenvalue weighted by molar-refractivity contribution is 7.13. The predicted molar refractivity (Wildman–Crippen MR) is 123 cm³/mol. The molecule has 2 aromatic heterocycles. The number of para-hydroxylation sites is 1. The van der Waals surface area contributed by atoms with Crippen LogP contribution in [0.2, 0.25) is 0 Å². The van der Waals surface area contributed by atoms with Crippen LogP contribution in [0.1, 0.15) is 17.0 Å². The monoisotopic (exact) mass is 446 g/mol. The number of carbonyl (C=O) groups is 2. The van der Waals surface area contributed by atoms with Crippen LogP contribution in [0.3, 0.4) is 0 Å². The largest absolute Gasteiger partial charge is 0.455 e. The van der Waals surface area contributed by atoms with Gasteiger partial charge in [-0.1, -0.05) is 54.6 Å². The Morgan fingerprint density at radius 2 is 1.72 bits per heavy atom. The van der Waals surface area contributed by atoms with Crippen molar-refractivity contribution in [3.63, 3.8) is 0 Å². The van der Waals surface area contributed by atoms with Gasteiger partial charge in [0.25, 0.3) is 5.91 Å². The fourth-order valence-corrected chi connectivity index (χ4v) is 3.85. The number of carbonyl (C=O) groups excluding carboxylic acids is 2. The van der Waals surface area contributed by atoms with Crippen LogP contribution < -0.4 is 4.90 Å². The molecule has 4 rings (SSSR count). The first-order valence-electron chi connectivity index (χ1n) is 10.2. The number of esters is 1. The molecule has 0 saturated carbocycles. The summed E-state index contributed by atoms with van der Waals surface area (Å²) in [6, 6.07) is 22.8. The second-order valence-corrected chi connectivity index (χ2v) is 8.09. The molecule has 0 radical (unpaired) electrons. The quantitative estimate of drug-likeness (QED) is 0.355. The molecule has 0 saturated heterocycles. The minimum absolute atomic E-state index is 0.0575. The number of rotatable bonds is 8. The number of oxazole rings is 1. The van der Waals surface area contributed by atoms with E-state index in [2.05, 4.69) is 4.98 Å². The van der Waals surface area contributed by atoms with Gasteiger partial charge in [0.05, 0.1) is 23.5 Å². The molecule has 0 aliphatic heterocycles. The Bertz CT molecular complexity index is 1170. The third-order valence-electron chi connectivity index (χ3n) is 4.85. The SMILES string of the molecule is Cc1oc(-c2cccs2)nc1CC(=O)OCC(=O)N(Cc1ccccc1)c1ccccc1. The molecule has 1 amide bonds. The van der Waals surface area contributed by atoms with Crippen molar-refractivity contribution in [2.24, 2.45) is 0 Å². The highest BCUT2D eigenvalue weighted by Gasteiger charge is 2.20. The van der Waals surface area contributed by atoms with Gasteiger partial charge in [0.15, 0.2) is 6.61 Å². The molecule has 0 spiro atoms. The lowest BCUT2D eigenvalue weighted by molar-refractivity contribution is -0.147. The molecule has 32 heavy (non-hydrogen) atoms. The highest BCUT2D eigenvalue weighted by Crippen LogP contribution is 2.26. The maximum Gasteiger partial charge on any atom is 0.312 e. The second kappa shape index (κ2) is 10.1. The predicted octanol–water partition coefficient (Wildman–Crippen LogP) is 5.03. The van der Waals surface area contributed by atoms with Crippen molar-refractivity contribution >= 4 is 28.9 Å². The van der Waals surface area contributed by atoms with E-state index in [0.717, 1.165) is 16.1 Å². The van der Waals surface area contributed by atoms with Gasteiger partial charge in [0, 0.05) is 5.69 Å². The Morgan fingerprint density at radius 1 is 1.00 bits per heavy atom. The summed E-state index contributed by atoms with van der Waals surface area (Å²) in [6.07, 6.45) is -0.0575. The summed E-state index contributed by atoms with van der Waals surface area (Å²) in [4.78, 5) is 32.3. The molecule has 0 aliphatic rings. The molecule has 0 bridgehead atoms. The Hall–Kier alpha value is -3.71. The van der Waals surface area contributed by atoms with Crippen molar-refractivity contribution in [2.45, 2.75) is 19.9 Å². The van der Waals surface area contributed by atoms with E-state index in [0.29, 0.717) is 23.9 Å². The van der Waals surface area contributed by atoms with Crippen LogP contribution in [-0.4, -0.2) is 23.5 Å². The molecule has 0 atom stereocenters. The average Bonchev–Trinajstić information content (AvgIpc) is 3.47. The summed E-state index contributed by atoms with van der Waals surface area (Å²) in [5.41, 5.74) is 2.23. The lowest BCUT2D eigenvalue weighted by atomic mass is 10.2. The molecule has 0 N–H and O–H groups in total. The van der Waals surface area contributed by atoms with Crippen molar-refractivity contribution in [3.8, 4) is 10.8 Å². The summed E-state index contributed by atoms with van der Waals surface area (Å²) in [5.74, 6) is 0.214. The van der Waals surface area contributed by atoms with Crippen LogP contribution >= 0.6 is 11.3 Å². The van der Waals surface area contributed by atoms with Crippen molar-refractivity contribution in [1.82, 2.24) is 4.98 Å². The van der Waals surface area contributed by atoms with Crippen LogP contribution in [0.5, 0.6) is 0 Å². The third-order valence-corrected chi connectivity index (χ3v) is 5.70. The fourth-order valence-electron chi connectivity index (χ4n) is 3.20. The summed E-state index contributed by atoms with van der Waals surface area (Å²) < 4.78 is 11.0. The van der Waals surface area contributed by atoms with E-state index < -0.39 is 5.97 Å². The number of ether oxygens (including phenoxy) is 1. The van der Waals surface area contributed by atoms with Gasteiger partial charge in [-0.15, -0.1) is 11.3 Å². The van der Waals surface area contributed by atoms with Gasteiger partial charge in [-0.25, -0.2) is 4.98 Å². The number of benzene rings is 2. The van der Waals surface area contributed by atoms with Crippen LogP contribution in [0.25, 0.3) is 10.8 Å². The number of hydrogen-bond acceptors (Lipinski definition) is 6. The van der Waals surface area contributed by atoms with Gasteiger partial charge in [0.1, 0.15) is 5.76 Å². The molecule has 7 heteroatoms. The average molecular weight is 447 g/mol. The minimum Gasteiger partial charge on any atom is -0.455 e. The van der Waals surface area contributed by atoms with Gasteiger partial charge in [-0.3, -0.25) is 9.59 Å². The molecule has 162 valence electrons. The van der Waals surface area contributed by atoms with Gasteiger partial charge >= 0.3 is 5.97 Å². The summed E-state index contributed by atoms with van der Waals surface area (Å²) >= 11 is 1.51. The van der Waals surface area contributed by atoms with Crippen molar-refractivity contribution < 1.29 is 18.7 Å². The summed E-state index contributed by atoms with van der Waals surface area (Å²) in [6.45, 7) is 1.79. The molecule has 2 aromatic carbocycles. The number of nitrogens with zero attached hydrogens (tertiary/aromatic N) is 2. The zero-order valence-electron chi connectivity index (χ0n) is 17.6. The van der Waals surface area contributed by atoms with Crippen LogP contribution in [0, 0.1) is 6.92 Å². The third kappa shape index (κ3) is 5.31. The number of anilines is 1. The van der Waals surface area contributed by atoms with Gasteiger partial charge < -0.3 is 14.1 Å². The van der Waals surface area contributed by atoms with E-state index in [4.69, 9.17) is 9.15 Å². The molecule has 0 aliphatic carbocycles. The molecular formula is C25H22N2O4S. The minimum atomic E-state index is -0.528. The maximum atomic E-state index is 12.9. The molecule has 6 nitrogen and oxygen atoms in total. The molecule has 0 unspecified atom stereocenters. The van der Waals surface area contributed by atoms with Crippen LogP contribution in [-0.2, 0) is 27.3 Å². The van der Waals surface area contributed by atoms with Gasteiger partial charge in [-0.2, -0.15) is 0 Å². The summed E-state index contributed by atoms with van der Waals surface area (Å²) in [5, 5.41) is 1.93. The van der Waals surface area contributed by atoms with E-state index in [9.17, 15) is 9.59 Å². The molecule has 2 heterocycles.